The summed E-state index contributed by atoms with van der Waals surface area (Å²) in [5, 5.41) is 13.0. The molecule has 11 heavy (non-hydrogen) atoms. The van der Waals surface area contributed by atoms with Crippen LogP contribution >= 0.6 is 0 Å². The molecule has 0 unspecified atom stereocenters. The van der Waals surface area contributed by atoms with Gasteiger partial charge < -0.3 is 14.4 Å². The Labute approximate surface area is 64.8 Å². The summed E-state index contributed by atoms with van der Waals surface area (Å²) >= 11 is 0. The average Bonchev–Trinajstić information content (AvgIpc) is 2.32. The fraction of sp³-hybridized carbons (Fsp3) is 0.571. The summed E-state index contributed by atoms with van der Waals surface area (Å²) in [7, 11) is 1.49. The highest BCUT2D eigenvalue weighted by Gasteiger charge is 2.21. The molecule has 0 saturated carbocycles. The van der Waals surface area contributed by atoms with Crippen LogP contribution in [0.1, 0.15) is 19.6 Å². The van der Waals surface area contributed by atoms with Crippen LogP contribution in [0, 0.1) is 0 Å². The van der Waals surface area contributed by atoms with E-state index in [1.165, 1.54) is 7.11 Å². The Balaban J connectivity index is 2.89. The van der Waals surface area contributed by atoms with Gasteiger partial charge in [-0.3, -0.25) is 0 Å². The van der Waals surface area contributed by atoms with Crippen molar-refractivity contribution in [2.75, 3.05) is 7.11 Å². The van der Waals surface area contributed by atoms with Crippen LogP contribution in [-0.2, 0) is 5.60 Å². The van der Waals surface area contributed by atoms with E-state index in [0.29, 0.717) is 11.6 Å². The summed E-state index contributed by atoms with van der Waals surface area (Å²) in [6, 6.07) is 1.56. The molecule has 0 radical (unpaired) electrons. The van der Waals surface area contributed by atoms with Gasteiger partial charge in [0, 0.05) is 6.07 Å². The van der Waals surface area contributed by atoms with Gasteiger partial charge >= 0.3 is 0 Å². The number of aromatic nitrogens is 1. The largest absolute Gasteiger partial charge is 0.479 e. The van der Waals surface area contributed by atoms with Gasteiger partial charge in [0.2, 0.25) is 0 Å². The third-order valence-electron chi connectivity index (χ3n) is 1.30. The lowest BCUT2D eigenvalue weighted by atomic mass is 10.1. The summed E-state index contributed by atoms with van der Waals surface area (Å²) in [4.78, 5) is 0. The minimum absolute atomic E-state index is 0.377. The lowest BCUT2D eigenvalue weighted by molar-refractivity contribution is 0.0474. The maximum Gasteiger partial charge on any atom is 0.254 e. The number of rotatable bonds is 2. The summed E-state index contributed by atoms with van der Waals surface area (Å²) in [6.45, 7) is 3.24. The zero-order valence-corrected chi connectivity index (χ0v) is 6.79. The van der Waals surface area contributed by atoms with Crippen molar-refractivity contribution in [1.29, 1.82) is 0 Å². The van der Waals surface area contributed by atoms with Gasteiger partial charge in [-0.2, -0.15) is 0 Å². The van der Waals surface area contributed by atoms with Crippen molar-refractivity contribution in [3.05, 3.63) is 11.8 Å². The van der Waals surface area contributed by atoms with E-state index in [1.807, 2.05) is 0 Å². The van der Waals surface area contributed by atoms with Gasteiger partial charge in [-0.15, -0.1) is 0 Å². The molecule has 0 saturated heterocycles. The Morgan fingerprint density at radius 1 is 1.64 bits per heavy atom. The van der Waals surface area contributed by atoms with Gasteiger partial charge in [-0.1, -0.05) is 0 Å². The minimum Gasteiger partial charge on any atom is -0.479 e. The van der Waals surface area contributed by atoms with E-state index >= 15 is 0 Å². The van der Waals surface area contributed by atoms with E-state index in [4.69, 9.17) is 9.26 Å². The zero-order valence-electron chi connectivity index (χ0n) is 6.79. The average molecular weight is 157 g/mol. The van der Waals surface area contributed by atoms with E-state index in [2.05, 4.69) is 5.16 Å². The third kappa shape index (κ3) is 1.71. The van der Waals surface area contributed by atoms with Crippen molar-refractivity contribution >= 4 is 0 Å². The first-order valence-electron chi connectivity index (χ1n) is 3.27. The Kier molecular flexibility index (Phi) is 1.87. The number of nitrogens with zero attached hydrogens (tertiary/aromatic N) is 1. The first-order chi connectivity index (χ1) is 5.04. The van der Waals surface area contributed by atoms with E-state index in [9.17, 15) is 5.11 Å². The molecular formula is C7H11NO3. The molecule has 0 aliphatic carbocycles. The van der Waals surface area contributed by atoms with Crippen molar-refractivity contribution in [2.24, 2.45) is 0 Å². The molecule has 1 aromatic rings. The molecule has 0 aromatic carbocycles. The smallest absolute Gasteiger partial charge is 0.254 e. The minimum atomic E-state index is -0.996. The molecular weight excluding hydrogens is 146 g/mol. The van der Waals surface area contributed by atoms with Crippen LogP contribution in [0.25, 0.3) is 0 Å². The molecule has 62 valence electrons. The van der Waals surface area contributed by atoms with Crippen LogP contribution in [0.4, 0.5) is 0 Å². The van der Waals surface area contributed by atoms with Crippen LogP contribution in [0.5, 0.6) is 5.88 Å². The van der Waals surface area contributed by atoms with Gasteiger partial charge in [-0.25, -0.2) is 0 Å². The second-order valence-electron chi connectivity index (χ2n) is 2.79. The molecule has 1 heterocycles. The Bertz CT molecular complexity index is 236. The first-order valence-corrected chi connectivity index (χ1v) is 3.27. The molecule has 0 amide bonds. The molecule has 0 spiro atoms. The normalized spacial score (nSPS) is 11.6. The SMILES string of the molecule is COc1cc(C(C)(C)O)on1. The van der Waals surface area contributed by atoms with Crippen LogP contribution in [0.3, 0.4) is 0 Å². The number of hydrogen-bond donors (Lipinski definition) is 1. The lowest BCUT2D eigenvalue weighted by Crippen LogP contribution is -2.13. The molecule has 4 heteroatoms. The Morgan fingerprint density at radius 3 is 2.55 bits per heavy atom. The fourth-order valence-electron chi connectivity index (χ4n) is 0.644. The van der Waals surface area contributed by atoms with Crippen molar-refractivity contribution in [1.82, 2.24) is 5.16 Å². The highest BCUT2D eigenvalue weighted by molar-refractivity contribution is 5.14. The predicted octanol–water partition coefficient (Wildman–Crippen LogP) is 0.911. The van der Waals surface area contributed by atoms with Crippen molar-refractivity contribution in [2.45, 2.75) is 19.4 Å². The highest BCUT2D eigenvalue weighted by atomic mass is 16.5. The van der Waals surface area contributed by atoms with E-state index < -0.39 is 5.60 Å². The van der Waals surface area contributed by atoms with E-state index in [0.717, 1.165) is 0 Å². The fourth-order valence-corrected chi connectivity index (χ4v) is 0.644. The molecule has 0 aliphatic rings. The van der Waals surface area contributed by atoms with Crippen molar-refractivity contribution in [3.8, 4) is 5.88 Å². The number of aliphatic hydroxyl groups is 1. The molecule has 1 N–H and O–H groups in total. The Hall–Kier alpha value is -1.03. The quantitative estimate of drug-likeness (QED) is 0.693. The molecule has 4 nitrogen and oxygen atoms in total. The third-order valence-corrected chi connectivity index (χ3v) is 1.30. The highest BCUT2D eigenvalue weighted by Crippen LogP contribution is 2.22. The number of methoxy groups -OCH3 is 1. The standard InChI is InChI=1S/C7H11NO3/c1-7(2,9)5-4-6(10-3)8-11-5/h4,9H,1-3H3. The number of hydrogen-bond acceptors (Lipinski definition) is 4. The Morgan fingerprint density at radius 2 is 2.27 bits per heavy atom. The second-order valence-corrected chi connectivity index (χ2v) is 2.79. The van der Waals surface area contributed by atoms with E-state index in [-0.39, 0.29) is 0 Å². The van der Waals surface area contributed by atoms with Gasteiger partial charge in [0.25, 0.3) is 5.88 Å². The predicted molar refractivity (Wildman–Crippen MR) is 38.3 cm³/mol. The maximum absolute atomic E-state index is 9.41. The first kappa shape index (κ1) is 8.07. The van der Waals surface area contributed by atoms with Crippen molar-refractivity contribution in [3.63, 3.8) is 0 Å². The van der Waals surface area contributed by atoms with Gasteiger partial charge in [0.05, 0.1) is 7.11 Å². The number of ether oxygens (including phenoxy) is 1. The van der Waals surface area contributed by atoms with Crippen LogP contribution in [0.15, 0.2) is 10.6 Å². The lowest BCUT2D eigenvalue weighted by Gasteiger charge is -2.10. The molecule has 1 rings (SSSR count). The molecule has 0 fully saturated rings. The molecule has 0 bridgehead atoms. The summed E-state index contributed by atoms with van der Waals surface area (Å²) < 4.78 is 9.57. The molecule has 0 aliphatic heterocycles. The molecule has 0 atom stereocenters. The summed E-state index contributed by atoms with van der Waals surface area (Å²) in [6.07, 6.45) is 0. The summed E-state index contributed by atoms with van der Waals surface area (Å²) in [5.74, 6) is 0.775. The monoisotopic (exact) mass is 157 g/mol. The van der Waals surface area contributed by atoms with Gasteiger partial charge in [0.15, 0.2) is 5.76 Å². The second kappa shape index (κ2) is 2.54. The topological polar surface area (TPSA) is 55.5 Å². The van der Waals surface area contributed by atoms with Crippen LogP contribution < -0.4 is 4.74 Å². The van der Waals surface area contributed by atoms with E-state index in [1.54, 1.807) is 19.9 Å². The zero-order chi connectivity index (χ0) is 8.48. The van der Waals surface area contributed by atoms with Crippen molar-refractivity contribution < 1.29 is 14.4 Å². The maximum atomic E-state index is 9.41. The summed E-state index contributed by atoms with van der Waals surface area (Å²) in [5.41, 5.74) is -0.996. The van der Waals surface area contributed by atoms with Crippen LogP contribution in [0.2, 0.25) is 0 Å². The van der Waals surface area contributed by atoms with Crippen LogP contribution in [-0.4, -0.2) is 17.4 Å². The molecule has 1 aromatic heterocycles. The van der Waals surface area contributed by atoms with Gasteiger partial charge in [0.1, 0.15) is 5.60 Å². The van der Waals surface area contributed by atoms with Gasteiger partial charge in [-0.05, 0) is 19.0 Å².